The van der Waals surface area contributed by atoms with Crippen molar-refractivity contribution < 1.29 is 22.7 Å². The lowest BCUT2D eigenvalue weighted by atomic mass is 9.98. The minimum absolute atomic E-state index is 0.0138. The van der Waals surface area contributed by atoms with Gasteiger partial charge in [-0.05, 0) is 59.5 Å². The van der Waals surface area contributed by atoms with Crippen LogP contribution in [0.25, 0.3) is 6.08 Å². The smallest absolute Gasteiger partial charge is 0.283 e. The standard InChI is InChI=1S/C25H26N4O5S2/c1-4-16(2)19-7-5-6-8-21(19)34-14-13-33-18-11-9-17(10-12-18)15-20-22(26)29-24(27-23(20)30)35-25(28-29)36(3,31)32/h5-12,15-16,26H,4,13-14H2,1-3H3/b20-15+,26-22?. The maximum atomic E-state index is 12.5. The number of amidine groups is 2. The zero-order chi connectivity index (χ0) is 25.9. The predicted molar refractivity (Wildman–Crippen MR) is 142 cm³/mol. The molecule has 0 radical (unpaired) electrons. The number of ether oxygens (including phenoxy) is 2. The van der Waals surface area contributed by atoms with Gasteiger partial charge in [0.25, 0.3) is 5.91 Å². The third kappa shape index (κ3) is 5.68. The summed E-state index contributed by atoms with van der Waals surface area (Å²) >= 11 is 0.753. The van der Waals surface area contributed by atoms with Crippen LogP contribution >= 0.6 is 11.8 Å². The molecule has 11 heteroatoms. The van der Waals surface area contributed by atoms with Crippen LogP contribution < -0.4 is 9.47 Å². The predicted octanol–water partition coefficient (Wildman–Crippen LogP) is 4.28. The maximum absolute atomic E-state index is 12.5. The Hall–Kier alpha value is -3.44. The summed E-state index contributed by atoms with van der Waals surface area (Å²) in [6, 6.07) is 15.1. The fourth-order valence-corrected chi connectivity index (χ4v) is 5.19. The average molecular weight is 527 g/mol. The first-order chi connectivity index (χ1) is 17.2. The van der Waals surface area contributed by atoms with E-state index in [1.807, 2.05) is 18.2 Å². The average Bonchev–Trinajstić information content (AvgIpc) is 3.30. The van der Waals surface area contributed by atoms with Gasteiger partial charge in [-0.2, -0.15) is 10.0 Å². The lowest BCUT2D eigenvalue weighted by Gasteiger charge is -2.20. The number of amides is 1. The van der Waals surface area contributed by atoms with Gasteiger partial charge >= 0.3 is 0 Å². The van der Waals surface area contributed by atoms with Crippen molar-refractivity contribution in [2.24, 2.45) is 10.1 Å². The number of benzene rings is 2. The van der Waals surface area contributed by atoms with E-state index in [1.54, 1.807) is 24.3 Å². The number of thioether (sulfide) groups is 1. The number of aliphatic imine (C=N–C) groups is 1. The van der Waals surface area contributed by atoms with E-state index in [4.69, 9.17) is 14.9 Å². The number of para-hydroxylation sites is 1. The molecule has 0 saturated carbocycles. The number of nitrogens with zero attached hydrogens (tertiary/aromatic N) is 3. The van der Waals surface area contributed by atoms with Crippen LogP contribution in [0.5, 0.6) is 11.5 Å². The van der Waals surface area contributed by atoms with Crippen LogP contribution in [0.4, 0.5) is 0 Å². The van der Waals surface area contributed by atoms with Gasteiger partial charge in [0.15, 0.2) is 5.84 Å². The molecule has 0 saturated heterocycles. The summed E-state index contributed by atoms with van der Waals surface area (Å²) in [7, 11) is -3.58. The molecular weight excluding hydrogens is 500 g/mol. The summed E-state index contributed by atoms with van der Waals surface area (Å²) in [6.45, 7) is 5.08. The second-order valence-electron chi connectivity index (χ2n) is 8.27. The van der Waals surface area contributed by atoms with Gasteiger partial charge in [0, 0.05) is 6.26 Å². The second-order valence-corrected chi connectivity index (χ2v) is 11.4. The van der Waals surface area contributed by atoms with Crippen LogP contribution in [-0.4, -0.2) is 54.2 Å². The first kappa shape index (κ1) is 25.6. The van der Waals surface area contributed by atoms with E-state index in [9.17, 15) is 13.2 Å². The highest BCUT2D eigenvalue weighted by Crippen LogP contribution is 2.30. The van der Waals surface area contributed by atoms with Crippen LogP contribution in [0.15, 0.2) is 64.2 Å². The molecule has 1 N–H and O–H groups in total. The van der Waals surface area contributed by atoms with Gasteiger partial charge in [-0.1, -0.05) is 44.2 Å². The van der Waals surface area contributed by atoms with E-state index >= 15 is 0 Å². The zero-order valence-corrected chi connectivity index (χ0v) is 21.7. The van der Waals surface area contributed by atoms with E-state index in [2.05, 4.69) is 30.0 Å². The number of nitrogens with one attached hydrogen (secondary N) is 1. The Morgan fingerprint density at radius 3 is 2.50 bits per heavy atom. The molecule has 4 rings (SSSR count). The lowest BCUT2D eigenvalue weighted by molar-refractivity contribution is -0.114. The first-order valence-electron chi connectivity index (χ1n) is 11.3. The van der Waals surface area contributed by atoms with Crippen LogP contribution in [0.1, 0.15) is 37.3 Å². The van der Waals surface area contributed by atoms with Gasteiger partial charge in [-0.3, -0.25) is 10.2 Å². The number of hydrogen-bond donors (Lipinski definition) is 1. The number of sulfone groups is 1. The van der Waals surface area contributed by atoms with Crippen molar-refractivity contribution >= 4 is 49.0 Å². The van der Waals surface area contributed by atoms with E-state index < -0.39 is 15.7 Å². The van der Waals surface area contributed by atoms with Crippen LogP contribution in [0.2, 0.25) is 0 Å². The summed E-state index contributed by atoms with van der Waals surface area (Å²) in [5.41, 5.74) is 1.86. The summed E-state index contributed by atoms with van der Waals surface area (Å²) in [5, 5.41) is 13.4. The summed E-state index contributed by atoms with van der Waals surface area (Å²) in [4.78, 5) is 16.4. The summed E-state index contributed by atoms with van der Waals surface area (Å²) < 4.78 is 35.0. The van der Waals surface area contributed by atoms with Gasteiger partial charge < -0.3 is 9.47 Å². The Morgan fingerprint density at radius 1 is 1.11 bits per heavy atom. The summed E-state index contributed by atoms with van der Waals surface area (Å²) in [6.07, 6.45) is 3.56. The molecule has 2 aromatic rings. The van der Waals surface area contributed by atoms with Crippen molar-refractivity contribution in [2.75, 3.05) is 19.5 Å². The lowest BCUT2D eigenvalue weighted by Crippen LogP contribution is -2.35. The molecule has 0 fully saturated rings. The van der Waals surface area contributed by atoms with E-state index in [-0.39, 0.29) is 21.0 Å². The summed E-state index contributed by atoms with van der Waals surface area (Å²) in [5.74, 6) is 1.06. The third-order valence-corrected chi connectivity index (χ3v) is 8.19. The van der Waals surface area contributed by atoms with Crippen molar-refractivity contribution in [1.82, 2.24) is 5.01 Å². The van der Waals surface area contributed by atoms with Crippen LogP contribution in [0.3, 0.4) is 0 Å². The Balaban J connectivity index is 1.37. The van der Waals surface area contributed by atoms with Gasteiger partial charge in [0.05, 0.1) is 5.57 Å². The molecule has 188 valence electrons. The van der Waals surface area contributed by atoms with Gasteiger partial charge in [-0.15, -0.1) is 5.10 Å². The topological polar surface area (TPSA) is 121 Å². The second kappa shape index (κ2) is 10.7. The van der Waals surface area contributed by atoms with Gasteiger partial charge in [-0.25, -0.2) is 8.42 Å². The maximum Gasteiger partial charge on any atom is 0.283 e. The van der Waals surface area contributed by atoms with Crippen molar-refractivity contribution in [2.45, 2.75) is 26.2 Å². The number of carbonyl (C=O) groups is 1. The van der Waals surface area contributed by atoms with Crippen LogP contribution in [-0.2, 0) is 14.6 Å². The SMILES string of the molecule is CCC(C)c1ccccc1OCCOc1ccc(/C=C2\C(=N)N3N=C(S(C)(=O)=O)SC3=NC2=O)cc1. The van der Waals surface area contributed by atoms with Gasteiger partial charge in [0.1, 0.15) is 24.7 Å². The minimum Gasteiger partial charge on any atom is -0.490 e. The molecule has 0 aromatic heterocycles. The molecule has 2 aliphatic heterocycles. The van der Waals surface area contributed by atoms with Crippen molar-refractivity contribution in [3.05, 3.63) is 65.2 Å². The molecule has 36 heavy (non-hydrogen) atoms. The minimum atomic E-state index is -3.58. The number of hydrogen-bond acceptors (Lipinski definition) is 8. The number of rotatable bonds is 8. The van der Waals surface area contributed by atoms with Crippen molar-refractivity contribution in [3.8, 4) is 11.5 Å². The third-order valence-electron chi connectivity index (χ3n) is 5.62. The molecular formula is C25H26N4O5S2. The molecule has 9 nitrogen and oxygen atoms in total. The molecule has 2 aromatic carbocycles. The van der Waals surface area contributed by atoms with Crippen LogP contribution in [0, 0.1) is 5.41 Å². The molecule has 1 atom stereocenters. The van der Waals surface area contributed by atoms with E-state index in [0.717, 1.165) is 35.2 Å². The first-order valence-corrected chi connectivity index (χ1v) is 14.0. The molecule has 0 bridgehead atoms. The molecule has 1 unspecified atom stereocenters. The quantitative estimate of drug-likeness (QED) is 0.402. The highest BCUT2D eigenvalue weighted by Gasteiger charge is 2.38. The largest absolute Gasteiger partial charge is 0.490 e. The Morgan fingerprint density at radius 2 is 1.81 bits per heavy atom. The Labute approximate surface area is 214 Å². The monoisotopic (exact) mass is 526 g/mol. The van der Waals surface area contributed by atoms with Crippen molar-refractivity contribution in [1.29, 1.82) is 5.41 Å². The fraction of sp³-hybridized carbons (Fsp3) is 0.280. The molecule has 0 aliphatic carbocycles. The van der Waals surface area contributed by atoms with E-state index in [0.29, 0.717) is 30.4 Å². The number of carbonyl (C=O) groups excluding carboxylic acids is 1. The highest BCUT2D eigenvalue weighted by atomic mass is 32.3. The molecule has 2 aliphatic rings. The molecule has 1 amide bonds. The number of hydrazone groups is 1. The van der Waals surface area contributed by atoms with Gasteiger partial charge in [0.2, 0.25) is 19.4 Å². The fourth-order valence-electron chi connectivity index (χ4n) is 3.50. The molecule has 2 heterocycles. The van der Waals surface area contributed by atoms with Crippen molar-refractivity contribution in [3.63, 3.8) is 0 Å². The molecule has 0 spiro atoms. The number of fused-ring (bicyclic) bond motifs is 1. The highest BCUT2D eigenvalue weighted by molar-refractivity contribution is 8.42. The normalized spacial score (nSPS) is 17.5. The Bertz CT molecular complexity index is 1380. The zero-order valence-electron chi connectivity index (χ0n) is 20.1. The Kier molecular flexibility index (Phi) is 7.60. The van der Waals surface area contributed by atoms with E-state index in [1.165, 1.54) is 11.6 Å².